The van der Waals surface area contributed by atoms with E-state index in [-0.39, 0.29) is 6.04 Å². The third-order valence-corrected chi connectivity index (χ3v) is 3.94. The van der Waals surface area contributed by atoms with E-state index in [1.165, 1.54) is 11.3 Å². The number of thiophene rings is 1. The number of thiazole rings is 1. The summed E-state index contributed by atoms with van der Waals surface area (Å²) in [7, 11) is 0. The van der Waals surface area contributed by atoms with Gasteiger partial charge in [0, 0.05) is 11.6 Å². The van der Waals surface area contributed by atoms with E-state index in [9.17, 15) is 0 Å². The van der Waals surface area contributed by atoms with E-state index in [0.29, 0.717) is 0 Å². The monoisotopic (exact) mass is 244 g/mol. The van der Waals surface area contributed by atoms with E-state index in [1.807, 2.05) is 23.0 Å². The molecule has 2 aromatic rings. The minimum absolute atomic E-state index is 0.210. The molecule has 2 heterocycles. The molecule has 1 atom stereocenters. The molecule has 0 amide bonds. The maximum absolute atomic E-state index is 5.98. The van der Waals surface area contributed by atoms with Gasteiger partial charge in [0.2, 0.25) is 0 Å². The molecule has 0 saturated carbocycles. The maximum atomic E-state index is 5.98. The number of rotatable bonds is 3. The SMILES string of the molecule is CC(Nc1ccsc1Cl)c1nccs1. The minimum Gasteiger partial charge on any atom is -0.374 e. The fourth-order valence-corrected chi connectivity index (χ4v) is 2.63. The number of nitrogens with one attached hydrogen (secondary N) is 1. The number of nitrogens with zero attached hydrogens (tertiary/aromatic N) is 1. The molecule has 0 aliphatic heterocycles. The Morgan fingerprint density at radius 3 is 2.86 bits per heavy atom. The Balaban J connectivity index is 2.09. The van der Waals surface area contributed by atoms with Crippen molar-refractivity contribution in [1.29, 1.82) is 0 Å². The van der Waals surface area contributed by atoms with Gasteiger partial charge in [-0.25, -0.2) is 4.98 Å². The Labute approximate surface area is 95.6 Å². The summed E-state index contributed by atoms with van der Waals surface area (Å²) in [6.07, 6.45) is 1.81. The third kappa shape index (κ3) is 2.08. The molecule has 0 fully saturated rings. The van der Waals surface area contributed by atoms with Crippen molar-refractivity contribution in [2.75, 3.05) is 5.32 Å². The van der Waals surface area contributed by atoms with Crippen LogP contribution in [0.15, 0.2) is 23.0 Å². The second kappa shape index (κ2) is 4.29. The van der Waals surface area contributed by atoms with Crippen molar-refractivity contribution in [3.05, 3.63) is 32.4 Å². The topological polar surface area (TPSA) is 24.9 Å². The molecule has 1 N–H and O–H groups in total. The lowest BCUT2D eigenvalue weighted by molar-refractivity contribution is 0.871. The van der Waals surface area contributed by atoms with Crippen LogP contribution in [0.5, 0.6) is 0 Å². The lowest BCUT2D eigenvalue weighted by atomic mass is 10.3. The fourth-order valence-electron chi connectivity index (χ4n) is 1.14. The molecular formula is C9H9ClN2S2. The second-order valence-corrected chi connectivity index (χ2v) is 5.29. The fraction of sp³-hybridized carbons (Fsp3) is 0.222. The normalized spacial score (nSPS) is 12.7. The van der Waals surface area contributed by atoms with Crippen LogP contribution in [-0.4, -0.2) is 4.98 Å². The molecule has 1 unspecified atom stereocenters. The van der Waals surface area contributed by atoms with E-state index in [1.54, 1.807) is 11.3 Å². The predicted octanol–water partition coefficient (Wildman–Crippen LogP) is 4.03. The van der Waals surface area contributed by atoms with Crippen molar-refractivity contribution in [1.82, 2.24) is 4.98 Å². The number of hydrogen-bond acceptors (Lipinski definition) is 4. The standard InChI is InChI=1S/C9H9ClN2S2/c1-6(9-11-3-5-14-9)12-7-2-4-13-8(7)10/h2-6,12H,1H3. The van der Waals surface area contributed by atoms with Crippen molar-refractivity contribution in [2.45, 2.75) is 13.0 Å². The van der Waals surface area contributed by atoms with Crippen LogP contribution in [0.4, 0.5) is 5.69 Å². The summed E-state index contributed by atoms with van der Waals surface area (Å²) in [6, 6.07) is 2.19. The Morgan fingerprint density at radius 1 is 1.43 bits per heavy atom. The largest absolute Gasteiger partial charge is 0.374 e. The van der Waals surface area contributed by atoms with Crippen LogP contribution in [0.3, 0.4) is 0 Å². The molecule has 0 aliphatic rings. The Hall–Kier alpha value is -0.580. The van der Waals surface area contributed by atoms with Crippen LogP contribution in [-0.2, 0) is 0 Å². The van der Waals surface area contributed by atoms with Crippen molar-refractivity contribution < 1.29 is 0 Å². The van der Waals surface area contributed by atoms with Gasteiger partial charge in [0.25, 0.3) is 0 Å². The first-order chi connectivity index (χ1) is 6.77. The van der Waals surface area contributed by atoms with Crippen LogP contribution in [0.1, 0.15) is 18.0 Å². The molecule has 5 heteroatoms. The summed E-state index contributed by atoms with van der Waals surface area (Å²) in [5.74, 6) is 0. The minimum atomic E-state index is 0.210. The van der Waals surface area contributed by atoms with E-state index >= 15 is 0 Å². The zero-order valence-corrected chi connectivity index (χ0v) is 9.92. The first-order valence-corrected chi connectivity index (χ1v) is 6.30. The van der Waals surface area contributed by atoms with Crippen molar-refractivity contribution >= 4 is 40.0 Å². The van der Waals surface area contributed by atoms with E-state index < -0.39 is 0 Å². The Morgan fingerprint density at radius 2 is 2.29 bits per heavy atom. The highest BCUT2D eigenvalue weighted by Gasteiger charge is 2.09. The van der Waals surface area contributed by atoms with Crippen molar-refractivity contribution in [3.63, 3.8) is 0 Å². The molecule has 0 radical (unpaired) electrons. The third-order valence-electron chi connectivity index (χ3n) is 1.81. The molecule has 2 nitrogen and oxygen atoms in total. The van der Waals surface area contributed by atoms with Gasteiger partial charge in [-0.2, -0.15) is 0 Å². The van der Waals surface area contributed by atoms with E-state index in [2.05, 4.69) is 17.2 Å². The molecule has 2 rings (SSSR count). The highest BCUT2D eigenvalue weighted by Crippen LogP contribution is 2.31. The summed E-state index contributed by atoms with van der Waals surface area (Å²) < 4.78 is 0.799. The average molecular weight is 245 g/mol. The molecule has 0 aromatic carbocycles. The van der Waals surface area contributed by atoms with Gasteiger partial charge in [-0.05, 0) is 18.4 Å². The maximum Gasteiger partial charge on any atom is 0.116 e. The zero-order valence-electron chi connectivity index (χ0n) is 7.53. The van der Waals surface area contributed by atoms with Gasteiger partial charge in [0.15, 0.2) is 0 Å². The van der Waals surface area contributed by atoms with Gasteiger partial charge in [-0.15, -0.1) is 22.7 Å². The number of anilines is 1. The molecule has 0 saturated heterocycles. The molecule has 0 bridgehead atoms. The smallest absolute Gasteiger partial charge is 0.116 e. The van der Waals surface area contributed by atoms with Gasteiger partial charge in [-0.1, -0.05) is 11.6 Å². The lowest BCUT2D eigenvalue weighted by Crippen LogP contribution is -2.05. The van der Waals surface area contributed by atoms with Gasteiger partial charge in [0.05, 0.1) is 11.7 Å². The number of halogens is 1. The molecule has 0 spiro atoms. The van der Waals surface area contributed by atoms with Crippen LogP contribution in [0.2, 0.25) is 4.34 Å². The first kappa shape index (κ1) is 9.96. The summed E-state index contributed by atoms with van der Waals surface area (Å²) >= 11 is 9.16. The van der Waals surface area contributed by atoms with Gasteiger partial charge >= 0.3 is 0 Å². The summed E-state index contributed by atoms with van der Waals surface area (Å²) in [6.45, 7) is 2.08. The summed E-state index contributed by atoms with van der Waals surface area (Å²) in [4.78, 5) is 4.24. The molecular weight excluding hydrogens is 236 g/mol. The Kier molecular flexibility index (Phi) is 3.05. The second-order valence-electron chi connectivity index (χ2n) is 2.84. The van der Waals surface area contributed by atoms with Gasteiger partial charge < -0.3 is 5.32 Å². The van der Waals surface area contributed by atoms with Gasteiger partial charge in [0.1, 0.15) is 9.34 Å². The molecule has 14 heavy (non-hydrogen) atoms. The highest BCUT2D eigenvalue weighted by molar-refractivity contribution is 7.15. The highest BCUT2D eigenvalue weighted by atomic mass is 35.5. The zero-order chi connectivity index (χ0) is 9.97. The first-order valence-electron chi connectivity index (χ1n) is 4.16. The quantitative estimate of drug-likeness (QED) is 0.882. The van der Waals surface area contributed by atoms with Crippen LogP contribution in [0, 0.1) is 0 Å². The molecule has 2 aromatic heterocycles. The van der Waals surface area contributed by atoms with Crippen LogP contribution in [0.25, 0.3) is 0 Å². The molecule has 74 valence electrons. The average Bonchev–Trinajstić information content (AvgIpc) is 2.77. The Bertz CT molecular complexity index is 397. The predicted molar refractivity (Wildman–Crippen MR) is 63.5 cm³/mol. The van der Waals surface area contributed by atoms with Crippen LogP contribution >= 0.6 is 34.3 Å². The molecule has 0 aliphatic carbocycles. The van der Waals surface area contributed by atoms with Crippen LogP contribution < -0.4 is 5.32 Å². The number of aromatic nitrogens is 1. The van der Waals surface area contributed by atoms with E-state index in [0.717, 1.165) is 15.0 Å². The van der Waals surface area contributed by atoms with Crippen molar-refractivity contribution in [3.8, 4) is 0 Å². The van der Waals surface area contributed by atoms with Gasteiger partial charge in [-0.3, -0.25) is 0 Å². The lowest BCUT2D eigenvalue weighted by Gasteiger charge is -2.11. The van der Waals surface area contributed by atoms with E-state index in [4.69, 9.17) is 11.6 Å². The summed E-state index contributed by atoms with van der Waals surface area (Å²) in [5.41, 5.74) is 0.986. The van der Waals surface area contributed by atoms with Crippen molar-refractivity contribution in [2.24, 2.45) is 0 Å². The number of hydrogen-bond donors (Lipinski definition) is 1. The summed E-state index contributed by atoms with van der Waals surface area (Å²) in [5, 5.41) is 8.34.